The van der Waals surface area contributed by atoms with E-state index in [1.165, 1.54) is 49.6 Å². The quantitative estimate of drug-likeness (QED) is 0.176. The van der Waals surface area contributed by atoms with Crippen molar-refractivity contribution in [3.05, 3.63) is 80.3 Å². The van der Waals surface area contributed by atoms with Crippen LogP contribution >= 0.6 is 34.8 Å². The first-order valence-electron chi connectivity index (χ1n) is 12.8. The zero-order chi connectivity index (χ0) is 33.7. The van der Waals surface area contributed by atoms with Gasteiger partial charge < -0.3 is 25.4 Å². The Morgan fingerprint density at radius 2 is 1.58 bits per heavy atom. The minimum absolute atomic E-state index is 0.00427. The average molecular weight is 697 g/mol. The average Bonchev–Trinajstić information content (AvgIpc) is 2.96. The molecule has 0 aliphatic rings. The van der Waals surface area contributed by atoms with Gasteiger partial charge in [0.1, 0.15) is 23.5 Å². The molecule has 0 unspecified atom stereocenters. The van der Waals surface area contributed by atoms with Gasteiger partial charge in [-0.3, -0.25) is 14.4 Å². The molecule has 0 atom stereocenters. The van der Waals surface area contributed by atoms with Crippen LogP contribution < -0.4 is 25.4 Å². The molecule has 8 nitrogen and oxygen atoms in total. The first kappa shape index (κ1) is 35.7. The molecule has 0 saturated heterocycles. The number of alkyl halides is 5. The normalized spacial score (nSPS) is 11.6. The highest BCUT2D eigenvalue weighted by Crippen LogP contribution is 2.38. The Bertz CT molecular complexity index is 1600. The maximum Gasteiger partial charge on any atom is 0.402 e. The first-order chi connectivity index (χ1) is 21.0. The Labute approximate surface area is 269 Å². The molecule has 0 heterocycles. The molecule has 3 rings (SSSR count). The Balaban J connectivity index is 1.89. The lowest BCUT2D eigenvalue weighted by Crippen LogP contribution is -2.46. The van der Waals surface area contributed by atoms with Crippen LogP contribution in [0.1, 0.15) is 40.1 Å². The summed E-state index contributed by atoms with van der Waals surface area (Å²) in [6.07, 6.45) is -7.67. The van der Waals surface area contributed by atoms with Crippen LogP contribution in [0.2, 0.25) is 15.1 Å². The second kappa shape index (κ2) is 14.5. The van der Waals surface area contributed by atoms with Crippen LogP contribution in [0.4, 0.5) is 33.3 Å². The molecule has 3 N–H and O–H groups in total. The van der Waals surface area contributed by atoms with Crippen molar-refractivity contribution < 1.29 is 45.8 Å². The number of carbonyl (C=O) groups is 3. The number of carbonyl (C=O) groups excluding carboxylic acids is 3. The number of nitrogens with one attached hydrogen (secondary N) is 3. The number of rotatable bonds is 11. The van der Waals surface area contributed by atoms with Crippen molar-refractivity contribution in [3.8, 4) is 11.5 Å². The number of amides is 3. The van der Waals surface area contributed by atoms with Crippen LogP contribution in [-0.2, 0) is 11.3 Å². The van der Waals surface area contributed by atoms with Crippen molar-refractivity contribution in [2.24, 2.45) is 5.41 Å². The highest BCUT2D eigenvalue weighted by Gasteiger charge is 2.52. The van der Waals surface area contributed by atoms with Gasteiger partial charge in [0, 0.05) is 23.3 Å². The minimum Gasteiger partial charge on any atom is -0.495 e. The fraction of sp³-hybridized carbons (Fsp3) is 0.276. The number of methoxy groups -OCH3 is 1. The zero-order valence-corrected chi connectivity index (χ0v) is 25.9. The maximum atomic E-state index is 13.2. The number of halogens is 8. The third-order valence-electron chi connectivity index (χ3n) is 6.37. The van der Waals surface area contributed by atoms with Crippen LogP contribution in [0, 0.1) is 5.41 Å². The summed E-state index contributed by atoms with van der Waals surface area (Å²) in [6, 6.07) is 10.6. The van der Waals surface area contributed by atoms with Gasteiger partial charge >= 0.3 is 6.18 Å². The molecule has 0 aliphatic heterocycles. The summed E-state index contributed by atoms with van der Waals surface area (Å²) < 4.78 is 75.7. The van der Waals surface area contributed by atoms with Crippen LogP contribution in [0.5, 0.6) is 11.5 Å². The molecule has 0 aromatic heterocycles. The zero-order valence-electron chi connectivity index (χ0n) is 23.7. The van der Waals surface area contributed by atoms with E-state index in [0.717, 1.165) is 19.9 Å². The van der Waals surface area contributed by atoms with E-state index in [9.17, 15) is 36.3 Å². The standard InChI is InChI=1S/C29H25Cl3F5N3O5/c1-28(2,29(35,36)37)27(43)38-12-14-4-7-18(31)23(24(14)32)26(42)39-16-6-9-20(45-13-22(33)34)17(11-16)25(41)40-19-8-5-15(30)10-21(19)44-3/h4-11,22H,12-13H2,1-3H3,(H,38,43)(H,39,42)(H,40,41). The van der Waals surface area contributed by atoms with Gasteiger partial charge in [-0.05, 0) is 55.8 Å². The molecular formula is C29H25Cl3F5N3O5. The van der Waals surface area contributed by atoms with Gasteiger partial charge in [0.25, 0.3) is 18.2 Å². The van der Waals surface area contributed by atoms with E-state index in [-0.39, 0.29) is 49.6 Å². The number of benzene rings is 3. The molecule has 0 bridgehead atoms. The van der Waals surface area contributed by atoms with Crippen molar-refractivity contribution in [1.29, 1.82) is 0 Å². The molecule has 242 valence electrons. The molecular weight excluding hydrogens is 672 g/mol. The van der Waals surface area contributed by atoms with Gasteiger partial charge in [-0.1, -0.05) is 40.9 Å². The highest BCUT2D eigenvalue weighted by molar-refractivity contribution is 6.41. The SMILES string of the molecule is COc1cc(Cl)ccc1NC(=O)c1cc(NC(=O)c2c(Cl)ccc(CNC(=O)C(C)(C)C(F)(F)F)c2Cl)ccc1OCC(F)F. The summed E-state index contributed by atoms with van der Waals surface area (Å²) in [6.45, 7) is -0.0435. The van der Waals surface area contributed by atoms with E-state index in [1.807, 2.05) is 0 Å². The van der Waals surface area contributed by atoms with Crippen molar-refractivity contribution in [2.75, 3.05) is 24.4 Å². The lowest BCUT2D eigenvalue weighted by atomic mass is 9.91. The van der Waals surface area contributed by atoms with Crippen molar-refractivity contribution in [2.45, 2.75) is 33.0 Å². The Kier molecular flexibility index (Phi) is 11.5. The summed E-state index contributed by atoms with van der Waals surface area (Å²) >= 11 is 18.5. The molecule has 0 spiro atoms. The van der Waals surface area contributed by atoms with Crippen LogP contribution in [0.15, 0.2) is 48.5 Å². The molecule has 0 fully saturated rings. The van der Waals surface area contributed by atoms with Gasteiger partial charge in [-0.25, -0.2) is 8.78 Å². The van der Waals surface area contributed by atoms with Crippen LogP contribution in [-0.4, -0.2) is 44.0 Å². The second-order valence-electron chi connectivity index (χ2n) is 9.87. The molecule has 0 saturated carbocycles. The van der Waals surface area contributed by atoms with Crippen molar-refractivity contribution in [1.82, 2.24) is 5.32 Å². The van der Waals surface area contributed by atoms with E-state index < -0.39 is 48.9 Å². The Morgan fingerprint density at radius 1 is 0.889 bits per heavy atom. The minimum atomic E-state index is -4.82. The number of ether oxygens (including phenoxy) is 2. The fourth-order valence-electron chi connectivity index (χ4n) is 3.68. The van der Waals surface area contributed by atoms with Crippen molar-refractivity contribution >= 4 is 63.9 Å². The van der Waals surface area contributed by atoms with E-state index in [0.29, 0.717) is 5.02 Å². The summed E-state index contributed by atoms with van der Waals surface area (Å²) in [5.41, 5.74) is -2.94. The van der Waals surface area contributed by atoms with E-state index >= 15 is 0 Å². The number of hydrogen-bond acceptors (Lipinski definition) is 5. The van der Waals surface area contributed by atoms with Gasteiger partial charge in [-0.15, -0.1) is 0 Å². The predicted molar refractivity (Wildman–Crippen MR) is 160 cm³/mol. The van der Waals surface area contributed by atoms with E-state index in [4.69, 9.17) is 44.3 Å². The molecule has 0 aliphatic carbocycles. The van der Waals surface area contributed by atoms with Gasteiger partial charge in [0.2, 0.25) is 5.91 Å². The Hall–Kier alpha value is -3.81. The topological polar surface area (TPSA) is 106 Å². The summed E-state index contributed by atoms with van der Waals surface area (Å²) in [4.78, 5) is 38.7. The summed E-state index contributed by atoms with van der Waals surface area (Å²) in [5, 5.41) is 7.14. The molecule has 3 aromatic rings. The monoisotopic (exact) mass is 695 g/mol. The lowest BCUT2D eigenvalue weighted by molar-refractivity contribution is -0.211. The first-order valence-corrected chi connectivity index (χ1v) is 13.9. The van der Waals surface area contributed by atoms with E-state index in [1.54, 1.807) is 0 Å². The summed E-state index contributed by atoms with van der Waals surface area (Å²) in [5.74, 6) is -3.04. The molecule has 3 amide bonds. The van der Waals surface area contributed by atoms with Crippen LogP contribution in [0.25, 0.3) is 0 Å². The highest BCUT2D eigenvalue weighted by atomic mass is 35.5. The van der Waals surface area contributed by atoms with Gasteiger partial charge in [0.15, 0.2) is 0 Å². The fourth-order valence-corrected chi connectivity index (χ4v) is 4.45. The largest absolute Gasteiger partial charge is 0.495 e. The maximum absolute atomic E-state index is 13.2. The number of hydrogen-bond donors (Lipinski definition) is 3. The van der Waals surface area contributed by atoms with Crippen LogP contribution in [0.3, 0.4) is 0 Å². The molecule has 3 aromatic carbocycles. The lowest BCUT2D eigenvalue weighted by Gasteiger charge is -2.26. The van der Waals surface area contributed by atoms with Crippen molar-refractivity contribution in [3.63, 3.8) is 0 Å². The third kappa shape index (κ3) is 8.68. The third-order valence-corrected chi connectivity index (χ3v) is 7.35. The Morgan fingerprint density at radius 3 is 2.20 bits per heavy atom. The summed E-state index contributed by atoms with van der Waals surface area (Å²) in [7, 11) is 1.34. The van der Waals surface area contributed by atoms with Gasteiger partial charge in [-0.2, -0.15) is 13.2 Å². The van der Waals surface area contributed by atoms with E-state index in [2.05, 4.69) is 16.0 Å². The molecule has 16 heteroatoms. The number of anilines is 2. The molecule has 45 heavy (non-hydrogen) atoms. The second-order valence-corrected chi connectivity index (χ2v) is 11.1. The predicted octanol–water partition coefficient (Wildman–Crippen LogP) is 8.01. The van der Waals surface area contributed by atoms with Gasteiger partial charge in [0.05, 0.1) is 34.0 Å². The smallest absolute Gasteiger partial charge is 0.402 e. The molecule has 0 radical (unpaired) electrons.